The number of nitrogens with two attached hydrogens (primary N) is 2. The molecule has 0 aromatic heterocycles. The molecule has 0 spiro atoms. The topological polar surface area (TPSA) is 86.2 Å². The molecule has 0 unspecified atom stereocenters. The molecule has 1 aromatic carbocycles. The van der Waals surface area contributed by atoms with Crippen molar-refractivity contribution in [2.24, 2.45) is 11.5 Å². The molecule has 0 heterocycles. The number of carbonyl (C=O) groups excluding carboxylic acids is 2. The Labute approximate surface area is 93.9 Å². The second-order valence-corrected chi connectivity index (χ2v) is 3.70. The fraction of sp³-hybridized carbons (Fsp3) is 0.167. The number of rotatable bonds is 3. The van der Waals surface area contributed by atoms with Gasteiger partial charge in [0.05, 0.1) is 5.57 Å². The van der Waals surface area contributed by atoms with Crippen molar-refractivity contribution in [3.63, 3.8) is 0 Å². The van der Waals surface area contributed by atoms with Gasteiger partial charge in [0.25, 0.3) is 0 Å². The van der Waals surface area contributed by atoms with E-state index < -0.39 is 11.8 Å². The van der Waals surface area contributed by atoms with Crippen LogP contribution in [0.15, 0.2) is 24.3 Å². The summed E-state index contributed by atoms with van der Waals surface area (Å²) in [5, 5.41) is 0. The van der Waals surface area contributed by atoms with Crippen molar-refractivity contribution in [1.82, 2.24) is 0 Å². The van der Waals surface area contributed by atoms with E-state index >= 15 is 0 Å². The second kappa shape index (κ2) is 4.61. The Hall–Kier alpha value is -2.10. The summed E-state index contributed by atoms with van der Waals surface area (Å²) < 4.78 is 0. The van der Waals surface area contributed by atoms with Crippen LogP contribution in [0.1, 0.15) is 16.7 Å². The zero-order valence-electron chi connectivity index (χ0n) is 9.28. The van der Waals surface area contributed by atoms with Crippen LogP contribution in [0.4, 0.5) is 0 Å². The molecule has 0 saturated carbocycles. The average Bonchev–Trinajstić information content (AvgIpc) is 2.11. The maximum atomic E-state index is 11.2. The number of carbonyl (C=O) groups is 2. The van der Waals surface area contributed by atoms with Crippen LogP contribution in [-0.4, -0.2) is 11.8 Å². The summed E-state index contributed by atoms with van der Waals surface area (Å²) in [5.74, 6) is -1.35. The van der Waals surface area contributed by atoms with Gasteiger partial charge in [-0.05, 0) is 19.4 Å². The molecule has 0 saturated heterocycles. The summed E-state index contributed by atoms with van der Waals surface area (Å²) in [6, 6.07) is 5.53. The molecule has 0 aliphatic rings. The molecule has 16 heavy (non-hydrogen) atoms. The third-order valence-electron chi connectivity index (χ3n) is 2.08. The molecule has 1 rings (SSSR count). The average molecular weight is 218 g/mol. The van der Waals surface area contributed by atoms with E-state index in [0.717, 1.165) is 17.2 Å². The summed E-state index contributed by atoms with van der Waals surface area (Å²) in [5.41, 5.74) is 13.0. The van der Waals surface area contributed by atoms with Gasteiger partial charge < -0.3 is 11.5 Å². The van der Waals surface area contributed by atoms with Gasteiger partial charge in [0.15, 0.2) is 0 Å². The van der Waals surface area contributed by atoms with Gasteiger partial charge in [-0.1, -0.05) is 29.3 Å². The Balaban J connectivity index is 3.32. The highest BCUT2D eigenvalue weighted by atomic mass is 16.1. The minimum absolute atomic E-state index is 0.138. The summed E-state index contributed by atoms with van der Waals surface area (Å²) in [7, 11) is 0. The van der Waals surface area contributed by atoms with Gasteiger partial charge in [-0.25, -0.2) is 0 Å². The van der Waals surface area contributed by atoms with Crippen molar-refractivity contribution in [1.29, 1.82) is 0 Å². The van der Waals surface area contributed by atoms with Crippen LogP contribution in [0.2, 0.25) is 0 Å². The van der Waals surface area contributed by atoms with E-state index in [4.69, 9.17) is 11.5 Å². The third-order valence-corrected chi connectivity index (χ3v) is 2.08. The van der Waals surface area contributed by atoms with Crippen LogP contribution in [0.5, 0.6) is 0 Å². The molecule has 0 aliphatic carbocycles. The Morgan fingerprint density at radius 2 is 1.56 bits per heavy atom. The van der Waals surface area contributed by atoms with Crippen LogP contribution in [0, 0.1) is 13.8 Å². The summed E-state index contributed by atoms with van der Waals surface area (Å²) in [6.07, 6.45) is 1.05. The minimum Gasteiger partial charge on any atom is -0.366 e. The highest BCUT2D eigenvalue weighted by Crippen LogP contribution is 2.17. The highest BCUT2D eigenvalue weighted by Gasteiger charge is 2.10. The first-order chi connectivity index (χ1) is 7.40. The van der Waals surface area contributed by atoms with Gasteiger partial charge in [-0.15, -0.1) is 0 Å². The largest absolute Gasteiger partial charge is 0.366 e. The third kappa shape index (κ3) is 2.95. The molecule has 0 radical (unpaired) electrons. The second-order valence-electron chi connectivity index (χ2n) is 3.70. The Morgan fingerprint density at radius 3 is 1.94 bits per heavy atom. The molecule has 4 nitrogen and oxygen atoms in total. The molecule has 0 aliphatic heterocycles. The lowest BCUT2D eigenvalue weighted by Crippen LogP contribution is -2.17. The zero-order valence-corrected chi connectivity index (χ0v) is 9.28. The van der Waals surface area contributed by atoms with Gasteiger partial charge in [0.2, 0.25) is 11.8 Å². The molecular weight excluding hydrogens is 204 g/mol. The zero-order chi connectivity index (χ0) is 12.3. The Bertz CT molecular complexity index is 456. The van der Waals surface area contributed by atoms with Crippen molar-refractivity contribution < 1.29 is 9.59 Å². The molecule has 0 atom stereocenters. The molecule has 1 aromatic rings. The molecule has 2 amide bonds. The van der Waals surface area contributed by atoms with E-state index in [1.165, 1.54) is 0 Å². The monoisotopic (exact) mass is 218 g/mol. The van der Waals surface area contributed by atoms with Gasteiger partial charge >= 0.3 is 0 Å². The Morgan fingerprint density at radius 1 is 1.06 bits per heavy atom. The molecule has 0 bridgehead atoms. The number of aryl methyl sites for hydroxylation is 2. The number of hydrogen-bond donors (Lipinski definition) is 2. The lowest BCUT2D eigenvalue weighted by Gasteiger charge is -2.06. The predicted molar refractivity (Wildman–Crippen MR) is 62.3 cm³/mol. The maximum absolute atomic E-state index is 11.2. The first kappa shape index (κ1) is 12.0. The van der Waals surface area contributed by atoms with Gasteiger partial charge in [-0.2, -0.15) is 0 Å². The Kier molecular flexibility index (Phi) is 3.45. The van der Waals surface area contributed by atoms with Crippen LogP contribution in [0.3, 0.4) is 0 Å². The summed E-state index contributed by atoms with van der Waals surface area (Å²) in [6.45, 7) is 3.80. The summed E-state index contributed by atoms with van der Waals surface area (Å²) in [4.78, 5) is 22.0. The van der Waals surface area contributed by atoms with E-state index in [2.05, 4.69) is 0 Å². The number of benzene rings is 1. The van der Waals surface area contributed by atoms with E-state index in [0.29, 0.717) is 5.56 Å². The molecular formula is C12H14N2O2. The van der Waals surface area contributed by atoms with Gasteiger partial charge in [0, 0.05) is 6.08 Å². The highest BCUT2D eigenvalue weighted by molar-refractivity contribution is 6.22. The van der Waals surface area contributed by atoms with E-state index in [-0.39, 0.29) is 5.57 Å². The van der Waals surface area contributed by atoms with Crippen molar-refractivity contribution in [2.45, 2.75) is 13.8 Å². The lowest BCUT2D eigenvalue weighted by molar-refractivity contribution is -0.115. The molecule has 0 fully saturated rings. The van der Waals surface area contributed by atoms with Crippen molar-refractivity contribution in [2.75, 3.05) is 0 Å². The summed E-state index contributed by atoms with van der Waals surface area (Å²) >= 11 is 0. The van der Waals surface area contributed by atoms with E-state index in [1.54, 1.807) is 12.1 Å². The fourth-order valence-corrected chi connectivity index (χ4v) is 1.57. The van der Waals surface area contributed by atoms with Gasteiger partial charge in [-0.3, -0.25) is 9.59 Å². The molecule has 4 N–H and O–H groups in total. The lowest BCUT2D eigenvalue weighted by atomic mass is 10.00. The normalized spacial score (nSPS) is 11.2. The predicted octanol–water partition coefficient (Wildman–Crippen LogP) is 0.657. The first-order valence-electron chi connectivity index (χ1n) is 4.79. The molecule has 4 heteroatoms. The van der Waals surface area contributed by atoms with Crippen molar-refractivity contribution in [3.05, 3.63) is 41.0 Å². The quantitative estimate of drug-likeness (QED) is 0.730. The van der Waals surface area contributed by atoms with Gasteiger partial charge in [0.1, 0.15) is 0 Å². The van der Waals surface area contributed by atoms with Crippen molar-refractivity contribution >= 4 is 17.4 Å². The van der Waals surface area contributed by atoms with E-state index in [9.17, 15) is 9.59 Å². The smallest absolute Gasteiger partial charge is 0.249 e. The van der Waals surface area contributed by atoms with Crippen LogP contribution < -0.4 is 11.5 Å². The standard InChI is InChI=1S/C12H14N2O2/c1-7-3-8(2)5-9(4-7)10(12(14)16)6-11(13)15/h3-6H,1-2H3,(H2,13,15)(H2,14,16)/b10-6-. The van der Waals surface area contributed by atoms with Crippen LogP contribution in [0.25, 0.3) is 5.57 Å². The molecule has 84 valence electrons. The van der Waals surface area contributed by atoms with Crippen molar-refractivity contribution in [3.8, 4) is 0 Å². The number of primary amides is 2. The SMILES string of the molecule is Cc1cc(C)cc(/C(=C/C(N)=O)C(N)=O)c1. The number of hydrogen-bond acceptors (Lipinski definition) is 2. The maximum Gasteiger partial charge on any atom is 0.249 e. The minimum atomic E-state index is -0.687. The first-order valence-corrected chi connectivity index (χ1v) is 4.79. The van der Waals surface area contributed by atoms with E-state index in [1.807, 2.05) is 19.9 Å². The number of amides is 2. The van der Waals surface area contributed by atoms with Crippen LogP contribution >= 0.6 is 0 Å². The van der Waals surface area contributed by atoms with Crippen LogP contribution in [-0.2, 0) is 9.59 Å². The fourth-order valence-electron chi connectivity index (χ4n) is 1.57.